The number of hydrogen-bond donors (Lipinski definition) is 0. The zero-order valence-electron chi connectivity index (χ0n) is 38.3. The molecule has 1 heterocycles. The zero-order chi connectivity index (χ0) is 44.6. The molecule has 0 nitrogen and oxygen atoms in total. The Bertz CT molecular complexity index is 2510. The van der Waals surface area contributed by atoms with Gasteiger partial charge in [-0.25, -0.2) is 0 Å². The summed E-state index contributed by atoms with van der Waals surface area (Å²) in [5, 5.41) is 8.33. The van der Waals surface area contributed by atoms with Gasteiger partial charge in [-0.2, -0.15) is 41.6 Å². The summed E-state index contributed by atoms with van der Waals surface area (Å²) in [6.45, 7) is 22.9. The number of halogens is 2. The summed E-state index contributed by atoms with van der Waals surface area (Å²) < 4.78 is 0. The van der Waals surface area contributed by atoms with E-state index in [1.165, 1.54) is 87.6 Å². The first kappa shape index (κ1) is 47.7. The van der Waals surface area contributed by atoms with E-state index in [-0.39, 0.29) is 10.8 Å². The topological polar surface area (TPSA) is 0 Å². The van der Waals surface area contributed by atoms with Crippen LogP contribution < -0.4 is 10.4 Å². The first-order chi connectivity index (χ1) is 29.6. The van der Waals surface area contributed by atoms with Gasteiger partial charge in [0.25, 0.3) is 0 Å². The summed E-state index contributed by atoms with van der Waals surface area (Å²) in [7, 11) is 10.7. The van der Waals surface area contributed by atoms with E-state index in [1.54, 1.807) is 0 Å². The van der Waals surface area contributed by atoms with Crippen LogP contribution in [0.5, 0.6) is 0 Å². The van der Waals surface area contributed by atoms with Gasteiger partial charge < -0.3 is 0 Å². The number of benzene rings is 6. The van der Waals surface area contributed by atoms with E-state index >= 15 is 0 Å². The molecule has 0 saturated carbocycles. The smallest absolute Gasteiger partial charge is 0.0920 e. The van der Waals surface area contributed by atoms with Gasteiger partial charge in [0.1, 0.15) is 0 Å². The third kappa shape index (κ3) is 11.9. The number of fused-ring (bicyclic) bond motifs is 5. The summed E-state index contributed by atoms with van der Waals surface area (Å²) in [4.78, 5) is 0. The van der Waals surface area contributed by atoms with Gasteiger partial charge in [0, 0.05) is 0 Å². The first-order valence-electron chi connectivity index (χ1n) is 22.0. The van der Waals surface area contributed by atoms with Gasteiger partial charge in [-0.3, -0.25) is 0 Å². The van der Waals surface area contributed by atoms with Crippen molar-refractivity contribution in [3.63, 3.8) is 0 Å². The van der Waals surface area contributed by atoms with Crippen LogP contribution in [-0.4, -0.2) is 9.52 Å². The number of hydrogen-bond acceptors (Lipinski definition) is 0. The summed E-state index contributed by atoms with van der Waals surface area (Å²) in [5.74, 6) is 1.38. The van der Waals surface area contributed by atoms with Crippen LogP contribution in [0.1, 0.15) is 91.5 Å². The molecule has 0 fully saturated rings. The molecule has 0 amide bonds. The maximum atomic E-state index is 4.93. The predicted octanol–water partition coefficient (Wildman–Crippen LogP) is 15.9. The number of rotatable bonds is 6. The van der Waals surface area contributed by atoms with E-state index in [9.17, 15) is 0 Å². The van der Waals surface area contributed by atoms with Crippen LogP contribution in [0.25, 0.3) is 54.9 Å². The van der Waals surface area contributed by atoms with Gasteiger partial charge in [0.15, 0.2) is 0 Å². The molecule has 2 radical (unpaired) electrons. The van der Waals surface area contributed by atoms with Crippen LogP contribution in [-0.2, 0) is 44.5 Å². The maximum Gasteiger partial charge on any atom is 0.0920 e. The average molecular weight is 948 g/mol. The molecule has 0 spiro atoms. The molecule has 0 unspecified atom stereocenters. The second-order valence-electron chi connectivity index (χ2n) is 19.3. The molecule has 318 valence electrons. The minimum Gasteiger partial charge on any atom is -0.184 e. The first-order valence-corrected chi connectivity index (χ1v) is 29.3. The van der Waals surface area contributed by atoms with Crippen LogP contribution in [0.4, 0.5) is 0 Å². The van der Waals surface area contributed by atoms with E-state index in [0.717, 1.165) is 22.4 Å². The molecule has 0 saturated heterocycles. The van der Waals surface area contributed by atoms with Crippen molar-refractivity contribution < 1.29 is 20.8 Å². The Morgan fingerprint density at radius 2 is 0.919 bits per heavy atom. The quantitative estimate of drug-likeness (QED) is 0.115. The van der Waals surface area contributed by atoms with Crippen LogP contribution in [0, 0.1) is 17.9 Å². The molecule has 8 aromatic carbocycles. The Hall–Kier alpha value is -3.78. The van der Waals surface area contributed by atoms with E-state index in [0.29, 0.717) is 11.8 Å². The summed E-state index contributed by atoms with van der Waals surface area (Å²) in [6.07, 6.45) is 2.30. The van der Waals surface area contributed by atoms with Crippen molar-refractivity contribution in [1.29, 1.82) is 0 Å². The fraction of sp³-hybridized carbons (Fsp3) is 0.276. The molecule has 62 heavy (non-hydrogen) atoms. The SMILES string of the molecule is CC(C)Cc1cc2c(-c3ccccc3C(C)(C)C)cccc2[cH-]1.CC(C)Cc1cc2c(-c3ccccc3C(C)(C)C)cccc2[cH-]1.[Cl][Zr][Cl].[c-]1cccc2c1[Si]c1ccccc1-2. The molecular formula is C58H61Cl2SiZr-3. The fourth-order valence-electron chi connectivity index (χ4n) is 8.71. The summed E-state index contributed by atoms with van der Waals surface area (Å²) in [5.41, 5.74) is 14.3. The third-order valence-corrected chi connectivity index (χ3v) is 12.7. The zero-order valence-corrected chi connectivity index (χ0v) is 43.2. The Morgan fingerprint density at radius 3 is 1.37 bits per heavy atom. The van der Waals surface area contributed by atoms with Crippen LogP contribution >= 0.6 is 17.0 Å². The van der Waals surface area contributed by atoms with E-state index in [4.69, 9.17) is 17.0 Å². The van der Waals surface area contributed by atoms with Crippen molar-refractivity contribution in [2.45, 2.75) is 92.9 Å². The largest absolute Gasteiger partial charge is 0.184 e. The second kappa shape index (κ2) is 21.3. The molecular weight excluding hydrogens is 887 g/mol. The second-order valence-corrected chi connectivity index (χ2v) is 24.4. The minimum atomic E-state index is -0.826. The molecule has 0 aromatic heterocycles. The van der Waals surface area contributed by atoms with E-state index in [2.05, 4.69) is 221 Å². The molecule has 0 atom stereocenters. The average Bonchev–Trinajstić information content (AvgIpc) is 3.95. The molecule has 1 aliphatic heterocycles. The minimum absolute atomic E-state index is 0.145. The monoisotopic (exact) mass is 945 g/mol. The van der Waals surface area contributed by atoms with Crippen molar-refractivity contribution in [3.05, 3.63) is 180 Å². The predicted molar refractivity (Wildman–Crippen MR) is 272 cm³/mol. The van der Waals surface area contributed by atoms with Crippen molar-refractivity contribution >= 4 is 58.5 Å². The summed E-state index contributed by atoms with van der Waals surface area (Å²) in [6, 6.07) is 58.8. The third-order valence-electron chi connectivity index (χ3n) is 11.3. The van der Waals surface area contributed by atoms with Gasteiger partial charge in [-0.05, 0) is 57.8 Å². The van der Waals surface area contributed by atoms with Gasteiger partial charge >= 0.3 is 37.9 Å². The Labute approximate surface area is 394 Å². The Morgan fingerprint density at radius 1 is 0.516 bits per heavy atom. The molecule has 0 N–H and O–H groups in total. The van der Waals surface area contributed by atoms with Gasteiger partial charge in [-0.15, -0.1) is 74.6 Å². The van der Waals surface area contributed by atoms with Crippen LogP contribution in [0.3, 0.4) is 0 Å². The molecule has 0 aliphatic carbocycles. The Kier molecular flexibility index (Phi) is 16.4. The summed E-state index contributed by atoms with van der Waals surface area (Å²) >= 11 is -0.826. The van der Waals surface area contributed by atoms with Crippen molar-refractivity contribution in [1.82, 2.24) is 0 Å². The maximum absolute atomic E-state index is 4.93. The molecule has 4 heteroatoms. The van der Waals surface area contributed by atoms with E-state index < -0.39 is 20.8 Å². The Balaban J connectivity index is 0.000000155. The van der Waals surface area contributed by atoms with Gasteiger partial charge in [-0.1, -0.05) is 176 Å². The van der Waals surface area contributed by atoms with Crippen LogP contribution in [0.15, 0.2) is 152 Å². The van der Waals surface area contributed by atoms with Crippen molar-refractivity contribution in [2.24, 2.45) is 11.8 Å². The van der Waals surface area contributed by atoms with Crippen LogP contribution in [0.2, 0.25) is 0 Å². The van der Waals surface area contributed by atoms with Crippen molar-refractivity contribution in [2.75, 3.05) is 0 Å². The standard InChI is InChI=1S/2C23H27.C12H7Si.2ClH.Zr/c2*1-16(2)13-17-14-18-9-8-11-19(21(18)15-17)20-10-6-7-12-22(20)23(3,4)5;1-3-7-11-9(5-1)10-6-2-4-8-12(10)13-11;;;/h2*6-12,14-16H,13H2,1-5H3;1-7H;2*1H;/q3*-1;;;+2/p-2. The normalized spacial score (nSPS) is 11.9. The van der Waals surface area contributed by atoms with Crippen molar-refractivity contribution in [3.8, 4) is 33.4 Å². The molecule has 8 aromatic rings. The fourth-order valence-corrected chi connectivity index (χ4v) is 10.0. The van der Waals surface area contributed by atoms with Gasteiger partial charge in [0.05, 0.1) is 9.52 Å². The molecule has 1 aliphatic rings. The van der Waals surface area contributed by atoms with Gasteiger partial charge in [0.2, 0.25) is 0 Å². The van der Waals surface area contributed by atoms with E-state index in [1.807, 2.05) is 6.07 Å². The molecule has 0 bridgehead atoms. The molecule has 9 rings (SSSR count).